The lowest BCUT2D eigenvalue weighted by Gasteiger charge is -2.32. The molecule has 0 saturated heterocycles. The summed E-state index contributed by atoms with van der Waals surface area (Å²) in [7, 11) is 0. The molecule has 0 saturated carbocycles. The Morgan fingerprint density at radius 1 is 0.623 bits per heavy atom. The maximum Gasteiger partial charge on any atom is 0.160 e. The van der Waals surface area contributed by atoms with Gasteiger partial charge in [0.25, 0.3) is 0 Å². The van der Waals surface area contributed by atoms with Crippen LogP contribution in [0.5, 0.6) is 0 Å². The van der Waals surface area contributed by atoms with Crippen LogP contribution in [0.1, 0.15) is 37.0 Å². The van der Waals surface area contributed by atoms with Crippen molar-refractivity contribution in [3.63, 3.8) is 0 Å². The van der Waals surface area contributed by atoms with Crippen LogP contribution in [0.15, 0.2) is 168 Å². The first-order valence-corrected chi connectivity index (χ1v) is 18.4. The van der Waals surface area contributed by atoms with Gasteiger partial charge in [0.2, 0.25) is 0 Å². The highest BCUT2D eigenvalue weighted by Gasteiger charge is 2.47. The SMILES string of the molecule is CC1(C)C2=CCC3C(=C2c2ccccc21)c1ccccc1N3c1cccc2c1oc1cccc(-c3cc(-c4ccccc4)nc(-c4ccccc4)n3)c12. The van der Waals surface area contributed by atoms with Crippen molar-refractivity contribution in [2.45, 2.75) is 31.7 Å². The highest BCUT2D eigenvalue weighted by molar-refractivity contribution is 6.17. The van der Waals surface area contributed by atoms with Crippen LogP contribution in [0, 0.1) is 0 Å². The van der Waals surface area contributed by atoms with Crippen LogP contribution in [-0.4, -0.2) is 16.0 Å². The van der Waals surface area contributed by atoms with Crippen molar-refractivity contribution < 1.29 is 4.42 Å². The van der Waals surface area contributed by atoms with E-state index in [2.05, 4.69) is 152 Å². The molecule has 3 heterocycles. The molecule has 1 unspecified atom stereocenters. The number of furan rings is 1. The molecule has 0 amide bonds. The van der Waals surface area contributed by atoms with E-state index in [1.807, 2.05) is 24.3 Å². The predicted octanol–water partition coefficient (Wildman–Crippen LogP) is 12.4. The number of benzene rings is 6. The molecule has 8 aromatic rings. The maximum atomic E-state index is 6.94. The average Bonchev–Trinajstić information content (AvgIpc) is 3.84. The summed E-state index contributed by atoms with van der Waals surface area (Å²) >= 11 is 0. The Balaban J connectivity index is 1.12. The molecule has 0 bridgehead atoms. The van der Waals surface area contributed by atoms with Crippen LogP contribution >= 0.6 is 0 Å². The number of allylic oxidation sites excluding steroid dienone is 2. The lowest BCUT2D eigenvalue weighted by molar-refractivity contribution is 0.650. The molecule has 3 aliphatic rings. The van der Waals surface area contributed by atoms with Gasteiger partial charge in [-0.2, -0.15) is 0 Å². The monoisotopic (exact) mass is 681 g/mol. The van der Waals surface area contributed by atoms with E-state index in [0.717, 1.165) is 62.1 Å². The van der Waals surface area contributed by atoms with E-state index in [9.17, 15) is 0 Å². The third-order valence-electron chi connectivity index (χ3n) is 11.6. The minimum atomic E-state index is -0.0385. The second-order valence-electron chi connectivity index (χ2n) is 14.8. The fraction of sp³-hybridized carbons (Fsp3) is 0.102. The number of rotatable bonds is 4. The van der Waals surface area contributed by atoms with Crippen LogP contribution in [0.25, 0.3) is 67.0 Å². The van der Waals surface area contributed by atoms with Gasteiger partial charge in [0.15, 0.2) is 11.4 Å². The number of fused-ring (bicyclic) bond motifs is 9. The Labute approximate surface area is 308 Å². The van der Waals surface area contributed by atoms with Gasteiger partial charge in [0, 0.05) is 44.1 Å². The van der Waals surface area contributed by atoms with E-state index >= 15 is 0 Å². The summed E-state index contributed by atoms with van der Waals surface area (Å²) in [5, 5.41) is 2.14. The predicted molar refractivity (Wildman–Crippen MR) is 217 cm³/mol. The first kappa shape index (κ1) is 30.1. The van der Waals surface area contributed by atoms with Crippen molar-refractivity contribution in [1.82, 2.24) is 9.97 Å². The van der Waals surface area contributed by atoms with Gasteiger partial charge in [0.05, 0.1) is 23.1 Å². The smallest absolute Gasteiger partial charge is 0.160 e. The molecule has 0 fully saturated rings. The highest BCUT2D eigenvalue weighted by Crippen LogP contribution is 2.60. The molecular weight excluding hydrogens is 647 g/mol. The van der Waals surface area contributed by atoms with Gasteiger partial charge in [-0.1, -0.05) is 147 Å². The van der Waals surface area contributed by atoms with Gasteiger partial charge >= 0.3 is 0 Å². The van der Waals surface area contributed by atoms with E-state index in [1.165, 1.54) is 39.1 Å². The molecular formula is C49H35N3O. The van der Waals surface area contributed by atoms with Crippen LogP contribution in [0.4, 0.5) is 11.4 Å². The third kappa shape index (κ3) is 4.36. The van der Waals surface area contributed by atoms with Crippen molar-refractivity contribution in [3.05, 3.63) is 180 Å². The molecule has 1 atom stereocenters. The molecule has 53 heavy (non-hydrogen) atoms. The van der Waals surface area contributed by atoms with Crippen molar-refractivity contribution in [1.29, 1.82) is 0 Å². The van der Waals surface area contributed by atoms with Crippen LogP contribution < -0.4 is 4.90 Å². The second-order valence-corrected chi connectivity index (χ2v) is 14.8. The lowest BCUT2D eigenvalue weighted by atomic mass is 9.77. The fourth-order valence-corrected chi connectivity index (χ4v) is 9.23. The van der Waals surface area contributed by atoms with Gasteiger partial charge in [-0.25, -0.2) is 9.97 Å². The number of aromatic nitrogens is 2. The summed E-state index contributed by atoms with van der Waals surface area (Å²) in [6, 6.07) is 53.7. The third-order valence-corrected chi connectivity index (χ3v) is 11.6. The lowest BCUT2D eigenvalue weighted by Crippen LogP contribution is -2.29. The Kier molecular flexibility index (Phi) is 6.39. The number of hydrogen-bond acceptors (Lipinski definition) is 4. The highest BCUT2D eigenvalue weighted by atomic mass is 16.3. The summed E-state index contributed by atoms with van der Waals surface area (Å²) in [6.45, 7) is 4.75. The van der Waals surface area contributed by atoms with Gasteiger partial charge < -0.3 is 9.32 Å². The molecule has 0 radical (unpaired) electrons. The largest absolute Gasteiger partial charge is 0.454 e. The quantitative estimate of drug-likeness (QED) is 0.185. The van der Waals surface area contributed by atoms with Gasteiger partial charge in [0.1, 0.15) is 5.58 Å². The van der Waals surface area contributed by atoms with Crippen molar-refractivity contribution in [2.75, 3.05) is 4.90 Å². The number of anilines is 2. The van der Waals surface area contributed by atoms with Crippen molar-refractivity contribution in [3.8, 4) is 33.9 Å². The van der Waals surface area contributed by atoms with Gasteiger partial charge in [-0.15, -0.1) is 0 Å². The van der Waals surface area contributed by atoms with Crippen molar-refractivity contribution in [2.24, 2.45) is 0 Å². The Morgan fingerprint density at radius 2 is 1.28 bits per heavy atom. The fourth-order valence-electron chi connectivity index (χ4n) is 9.23. The van der Waals surface area contributed by atoms with Gasteiger partial charge in [-0.3, -0.25) is 0 Å². The average molecular weight is 682 g/mol. The molecule has 1 aliphatic heterocycles. The zero-order valence-electron chi connectivity index (χ0n) is 29.5. The first-order valence-electron chi connectivity index (χ1n) is 18.4. The summed E-state index contributed by atoms with van der Waals surface area (Å²) in [4.78, 5) is 12.8. The van der Waals surface area contributed by atoms with E-state index in [0.29, 0.717) is 5.82 Å². The zero-order valence-corrected chi connectivity index (χ0v) is 29.5. The molecule has 0 spiro atoms. The Morgan fingerprint density at radius 3 is 2.11 bits per heavy atom. The molecule has 2 aromatic heterocycles. The minimum Gasteiger partial charge on any atom is -0.454 e. The molecule has 4 heteroatoms. The number of nitrogens with zero attached hydrogens (tertiary/aromatic N) is 3. The zero-order chi connectivity index (χ0) is 35.3. The molecule has 11 rings (SSSR count). The molecule has 6 aromatic carbocycles. The van der Waals surface area contributed by atoms with Crippen LogP contribution in [-0.2, 0) is 5.41 Å². The summed E-state index contributed by atoms with van der Waals surface area (Å²) in [5.74, 6) is 0.697. The maximum absolute atomic E-state index is 6.94. The van der Waals surface area contributed by atoms with E-state index < -0.39 is 0 Å². The van der Waals surface area contributed by atoms with E-state index in [4.69, 9.17) is 14.4 Å². The number of hydrogen-bond donors (Lipinski definition) is 0. The Bertz CT molecular complexity index is 2790. The van der Waals surface area contributed by atoms with Crippen LogP contribution in [0.2, 0.25) is 0 Å². The molecule has 2 aliphatic carbocycles. The topological polar surface area (TPSA) is 42.2 Å². The summed E-state index contributed by atoms with van der Waals surface area (Å²) in [5.41, 5.74) is 17.2. The number of para-hydroxylation sites is 2. The minimum absolute atomic E-state index is 0.0385. The summed E-state index contributed by atoms with van der Waals surface area (Å²) in [6.07, 6.45) is 3.43. The van der Waals surface area contributed by atoms with Crippen LogP contribution in [0.3, 0.4) is 0 Å². The Hall–Kier alpha value is -6.52. The van der Waals surface area contributed by atoms with E-state index in [1.54, 1.807) is 0 Å². The van der Waals surface area contributed by atoms with E-state index in [-0.39, 0.29) is 11.5 Å². The van der Waals surface area contributed by atoms with Gasteiger partial charge in [-0.05, 0) is 58.5 Å². The molecule has 4 nitrogen and oxygen atoms in total. The normalized spacial score (nSPS) is 16.8. The molecule has 252 valence electrons. The summed E-state index contributed by atoms with van der Waals surface area (Å²) < 4.78 is 6.94. The molecule has 0 N–H and O–H groups in total. The van der Waals surface area contributed by atoms with Crippen molar-refractivity contribution >= 4 is 44.5 Å². The first-order chi connectivity index (χ1) is 26.1. The second kappa shape index (κ2) is 11.2. The standard InChI is InChI=1S/C49H35N3O/c1-49(2)36-23-11-9-19-32(36)45-37(49)27-28-41-46(45)34-20-10-12-24-40(34)52(41)42-25-13-22-35-44-33(21-14-26-43(44)53-47(35)42)39-29-38(30-15-5-3-6-16-30)50-48(51-39)31-17-7-4-8-18-31/h3-27,29,41H,28H2,1-2H3.